The van der Waals surface area contributed by atoms with Crippen LogP contribution in [-0.4, -0.2) is 36.5 Å². The number of hydrogen-bond donors (Lipinski definition) is 0. The smallest absolute Gasteiger partial charge is 0.328 e. The Morgan fingerprint density at radius 3 is 2.84 bits per heavy atom. The Balaban J connectivity index is 2.23. The van der Waals surface area contributed by atoms with Crippen molar-refractivity contribution in [2.75, 3.05) is 13.7 Å². The molecule has 0 spiro atoms. The Hall–Kier alpha value is -1.43. The number of esters is 1. The molecule has 1 unspecified atom stereocenters. The molecule has 19 heavy (non-hydrogen) atoms. The molecule has 1 aliphatic heterocycles. The zero-order chi connectivity index (χ0) is 14.0. The molecule has 4 nitrogen and oxygen atoms in total. The number of rotatable bonds is 2. The standard InChI is InChI=1S/C13H13BrFNO3/c1-19-13(18)11-3-2-6-16(11)12(17)8-4-5-9(14)10(15)7-8/h4-5,7,11H,2-3,6H2,1H3. The fraction of sp³-hybridized carbons (Fsp3) is 0.385. The van der Waals surface area contributed by atoms with Gasteiger partial charge in [-0.3, -0.25) is 4.79 Å². The van der Waals surface area contributed by atoms with E-state index in [2.05, 4.69) is 20.7 Å². The van der Waals surface area contributed by atoms with Gasteiger partial charge in [-0.1, -0.05) is 0 Å². The van der Waals surface area contributed by atoms with E-state index in [1.165, 1.54) is 30.2 Å². The number of ether oxygens (including phenoxy) is 1. The van der Waals surface area contributed by atoms with Crippen LogP contribution in [0.5, 0.6) is 0 Å². The monoisotopic (exact) mass is 329 g/mol. The van der Waals surface area contributed by atoms with Gasteiger partial charge in [0.2, 0.25) is 0 Å². The Kier molecular flexibility index (Phi) is 4.19. The second-order valence-electron chi connectivity index (χ2n) is 4.31. The van der Waals surface area contributed by atoms with Gasteiger partial charge in [0.15, 0.2) is 0 Å². The molecule has 1 aromatic carbocycles. The van der Waals surface area contributed by atoms with Crippen molar-refractivity contribution in [3.05, 3.63) is 34.1 Å². The van der Waals surface area contributed by atoms with E-state index in [-0.39, 0.29) is 11.5 Å². The van der Waals surface area contributed by atoms with Crippen molar-refractivity contribution in [1.82, 2.24) is 4.90 Å². The molecule has 1 atom stereocenters. The third kappa shape index (κ3) is 2.78. The summed E-state index contributed by atoms with van der Waals surface area (Å²) < 4.78 is 18.4. The number of halogens is 2. The van der Waals surface area contributed by atoms with Crippen molar-refractivity contribution in [1.29, 1.82) is 0 Å². The summed E-state index contributed by atoms with van der Waals surface area (Å²) in [4.78, 5) is 25.3. The van der Waals surface area contributed by atoms with Gasteiger partial charge in [0.05, 0.1) is 11.6 Å². The Bertz CT molecular complexity index is 521. The first kappa shape index (κ1) is 14.0. The Morgan fingerprint density at radius 1 is 1.47 bits per heavy atom. The minimum Gasteiger partial charge on any atom is -0.467 e. The summed E-state index contributed by atoms with van der Waals surface area (Å²) in [5.41, 5.74) is 0.233. The minimum atomic E-state index is -0.566. The SMILES string of the molecule is COC(=O)C1CCCN1C(=O)c1ccc(Br)c(F)c1. The molecule has 1 amide bonds. The lowest BCUT2D eigenvalue weighted by molar-refractivity contribution is -0.145. The van der Waals surface area contributed by atoms with E-state index in [1.54, 1.807) is 0 Å². The average Bonchev–Trinajstić information content (AvgIpc) is 2.89. The number of likely N-dealkylation sites (tertiary alicyclic amines) is 1. The van der Waals surface area contributed by atoms with Gasteiger partial charge in [-0.05, 0) is 47.0 Å². The van der Waals surface area contributed by atoms with Crippen LogP contribution < -0.4 is 0 Å². The van der Waals surface area contributed by atoms with Crippen molar-refractivity contribution in [3.63, 3.8) is 0 Å². The van der Waals surface area contributed by atoms with Crippen molar-refractivity contribution in [3.8, 4) is 0 Å². The zero-order valence-corrected chi connectivity index (χ0v) is 11.9. The number of benzene rings is 1. The first-order chi connectivity index (χ1) is 9.04. The van der Waals surface area contributed by atoms with Gasteiger partial charge in [-0.2, -0.15) is 0 Å². The number of nitrogens with zero attached hydrogens (tertiary/aromatic N) is 1. The number of carbonyl (C=O) groups excluding carboxylic acids is 2. The van der Waals surface area contributed by atoms with Crippen LogP contribution in [0.15, 0.2) is 22.7 Å². The molecule has 0 radical (unpaired) electrons. The number of carbonyl (C=O) groups is 2. The van der Waals surface area contributed by atoms with E-state index in [1.807, 2.05) is 0 Å². The lowest BCUT2D eigenvalue weighted by Gasteiger charge is -2.22. The second kappa shape index (κ2) is 5.69. The number of methoxy groups -OCH3 is 1. The van der Waals surface area contributed by atoms with Gasteiger partial charge in [0.25, 0.3) is 5.91 Å². The van der Waals surface area contributed by atoms with Crippen LogP contribution in [0, 0.1) is 5.82 Å². The van der Waals surface area contributed by atoms with Crippen molar-refractivity contribution in [2.24, 2.45) is 0 Å². The largest absolute Gasteiger partial charge is 0.467 e. The van der Waals surface area contributed by atoms with E-state index < -0.39 is 17.8 Å². The lowest BCUT2D eigenvalue weighted by atomic mass is 10.1. The fourth-order valence-corrected chi connectivity index (χ4v) is 2.43. The fourth-order valence-electron chi connectivity index (χ4n) is 2.19. The van der Waals surface area contributed by atoms with E-state index in [4.69, 9.17) is 0 Å². The topological polar surface area (TPSA) is 46.6 Å². The molecular formula is C13H13BrFNO3. The maximum atomic E-state index is 13.4. The normalized spacial score (nSPS) is 18.5. The highest BCUT2D eigenvalue weighted by Crippen LogP contribution is 2.23. The molecule has 0 aromatic heterocycles. The summed E-state index contributed by atoms with van der Waals surface area (Å²) in [6.45, 7) is 0.482. The van der Waals surface area contributed by atoms with Gasteiger partial charge >= 0.3 is 5.97 Å². The lowest BCUT2D eigenvalue weighted by Crippen LogP contribution is -2.41. The van der Waals surface area contributed by atoms with E-state index in [0.717, 1.165) is 6.42 Å². The molecule has 1 aromatic rings. The summed E-state index contributed by atoms with van der Waals surface area (Å²) in [6, 6.07) is 3.61. The van der Waals surface area contributed by atoms with Gasteiger partial charge in [0, 0.05) is 12.1 Å². The highest BCUT2D eigenvalue weighted by Gasteiger charge is 2.35. The molecule has 1 saturated heterocycles. The maximum absolute atomic E-state index is 13.4. The van der Waals surface area contributed by atoms with Crippen LogP contribution in [0.2, 0.25) is 0 Å². The summed E-state index contributed by atoms with van der Waals surface area (Å²) in [5.74, 6) is -1.28. The van der Waals surface area contributed by atoms with Gasteiger partial charge in [0.1, 0.15) is 11.9 Å². The number of hydrogen-bond acceptors (Lipinski definition) is 3. The molecule has 1 aliphatic rings. The van der Waals surface area contributed by atoms with Crippen LogP contribution in [0.3, 0.4) is 0 Å². The summed E-state index contributed by atoms with van der Waals surface area (Å²) in [6.07, 6.45) is 1.32. The molecule has 0 N–H and O–H groups in total. The molecule has 102 valence electrons. The maximum Gasteiger partial charge on any atom is 0.328 e. The van der Waals surface area contributed by atoms with Gasteiger partial charge in [-0.15, -0.1) is 0 Å². The van der Waals surface area contributed by atoms with E-state index >= 15 is 0 Å². The summed E-state index contributed by atoms with van der Waals surface area (Å²) >= 11 is 3.03. The van der Waals surface area contributed by atoms with Crippen LogP contribution >= 0.6 is 15.9 Å². The quantitative estimate of drug-likeness (QED) is 0.782. The van der Waals surface area contributed by atoms with Crippen LogP contribution in [0.25, 0.3) is 0 Å². The van der Waals surface area contributed by atoms with Crippen molar-refractivity contribution >= 4 is 27.8 Å². The van der Waals surface area contributed by atoms with Crippen molar-refractivity contribution in [2.45, 2.75) is 18.9 Å². The van der Waals surface area contributed by atoms with Crippen LogP contribution in [0.1, 0.15) is 23.2 Å². The van der Waals surface area contributed by atoms with Gasteiger partial charge in [-0.25, -0.2) is 9.18 Å². The first-order valence-electron chi connectivity index (χ1n) is 5.88. The highest BCUT2D eigenvalue weighted by atomic mass is 79.9. The molecule has 0 aliphatic carbocycles. The molecule has 6 heteroatoms. The summed E-state index contributed by atoms with van der Waals surface area (Å²) in [7, 11) is 1.29. The third-order valence-corrected chi connectivity index (χ3v) is 3.80. The number of amides is 1. The molecule has 1 heterocycles. The molecule has 0 saturated carbocycles. The molecule has 1 fully saturated rings. The Labute approximate surface area is 118 Å². The average molecular weight is 330 g/mol. The van der Waals surface area contributed by atoms with Crippen LogP contribution in [-0.2, 0) is 9.53 Å². The summed E-state index contributed by atoms with van der Waals surface area (Å²) in [5, 5.41) is 0. The highest BCUT2D eigenvalue weighted by molar-refractivity contribution is 9.10. The predicted molar refractivity (Wildman–Crippen MR) is 70.2 cm³/mol. The predicted octanol–water partition coefficient (Wildman–Crippen LogP) is 2.37. The molecular weight excluding hydrogens is 317 g/mol. The first-order valence-corrected chi connectivity index (χ1v) is 6.67. The van der Waals surface area contributed by atoms with Crippen molar-refractivity contribution < 1.29 is 18.7 Å². The van der Waals surface area contributed by atoms with Gasteiger partial charge < -0.3 is 9.64 Å². The third-order valence-electron chi connectivity index (χ3n) is 3.15. The zero-order valence-electron chi connectivity index (χ0n) is 10.4. The molecule has 2 rings (SSSR count). The van der Waals surface area contributed by atoms with E-state index in [0.29, 0.717) is 17.4 Å². The van der Waals surface area contributed by atoms with Crippen LogP contribution in [0.4, 0.5) is 4.39 Å². The Morgan fingerprint density at radius 2 is 2.21 bits per heavy atom. The van der Waals surface area contributed by atoms with E-state index in [9.17, 15) is 14.0 Å². The molecule has 0 bridgehead atoms. The second-order valence-corrected chi connectivity index (χ2v) is 5.16. The minimum absolute atomic E-state index is 0.233.